The van der Waals surface area contributed by atoms with E-state index in [1.54, 1.807) is 18.3 Å². The highest BCUT2D eigenvalue weighted by Gasteiger charge is 2.00. The monoisotopic (exact) mass is 274 g/mol. The Bertz CT molecular complexity index is 530. The van der Waals surface area contributed by atoms with E-state index < -0.39 is 0 Å². The predicted octanol–water partition coefficient (Wildman–Crippen LogP) is 2.85. The molecule has 0 saturated heterocycles. The molecule has 0 aliphatic carbocycles. The van der Waals surface area contributed by atoms with E-state index in [4.69, 9.17) is 5.26 Å². The van der Waals surface area contributed by atoms with E-state index in [0.717, 1.165) is 10.2 Å². The van der Waals surface area contributed by atoms with E-state index in [-0.39, 0.29) is 0 Å². The molecule has 2 rings (SSSR count). The van der Waals surface area contributed by atoms with Crippen molar-refractivity contribution in [2.45, 2.75) is 0 Å². The maximum atomic E-state index is 8.66. The van der Waals surface area contributed by atoms with Crippen LogP contribution in [0.3, 0.4) is 0 Å². The average molecular weight is 275 g/mol. The molecule has 1 N–H and O–H groups in total. The fourth-order valence-corrected chi connectivity index (χ4v) is 1.49. The van der Waals surface area contributed by atoms with Gasteiger partial charge in [0.05, 0.1) is 16.1 Å². The Morgan fingerprint density at radius 2 is 2.00 bits per heavy atom. The maximum absolute atomic E-state index is 8.66. The number of aromatic nitrogens is 2. The third-order valence-electron chi connectivity index (χ3n) is 1.94. The number of nitriles is 1. The number of benzene rings is 1. The molecule has 1 aromatic carbocycles. The summed E-state index contributed by atoms with van der Waals surface area (Å²) < 4.78 is 0.791. The third-order valence-corrected chi connectivity index (χ3v) is 2.52. The molecule has 0 atom stereocenters. The highest BCUT2D eigenvalue weighted by atomic mass is 79.9. The number of hydrogen-bond donors (Lipinski definition) is 1. The van der Waals surface area contributed by atoms with Crippen molar-refractivity contribution in [2.75, 3.05) is 5.32 Å². The number of rotatable bonds is 2. The quantitative estimate of drug-likeness (QED) is 0.915. The van der Waals surface area contributed by atoms with Gasteiger partial charge in [-0.05, 0) is 40.2 Å². The van der Waals surface area contributed by atoms with Gasteiger partial charge in [0.25, 0.3) is 0 Å². The first-order valence-electron chi connectivity index (χ1n) is 4.52. The molecule has 0 aliphatic heterocycles. The summed E-state index contributed by atoms with van der Waals surface area (Å²) in [5, 5.41) is 11.8. The molecular formula is C11H7BrN4. The highest BCUT2D eigenvalue weighted by Crippen LogP contribution is 2.21. The Hall–Kier alpha value is -1.93. The van der Waals surface area contributed by atoms with Crippen molar-refractivity contribution in [2.24, 2.45) is 0 Å². The zero-order valence-corrected chi connectivity index (χ0v) is 9.77. The first-order valence-corrected chi connectivity index (χ1v) is 5.31. The van der Waals surface area contributed by atoms with Crippen LogP contribution in [-0.2, 0) is 0 Å². The molecule has 0 amide bonds. The van der Waals surface area contributed by atoms with Crippen LogP contribution in [0.5, 0.6) is 0 Å². The van der Waals surface area contributed by atoms with Crippen molar-refractivity contribution in [3.8, 4) is 6.07 Å². The molecule has 0 saturated carbocycles. The van der Waals surface area contributed by atoms with Crippen LogP contribution in [0.4, 0.5) is 11.5 Å². The molecule has 0 spiro atoms. The zero-order valence-electron chi connectivity index (χ0n) is 8.18. The molecule has 0 radical (unpaired) electrons. The second-order valence-electron chi connectivity index (χ2n) is 3.03. The van der Waals surface area contributed by atoms with Gasteiger partial charge in [-0.2, -0.15) is 5.26 Å². The summed E-state index contributed by atoms with van der Waals surface area (Å²) in [6.45, 7) is 0. The van der Waals surface area contributed by atoms with Gasteiger partial charge in [-0.25, -0.2) is 9.97 Å². The van der Waals surface area contributed by atoms with Crippen molar-refractivity contribution >= 4 is 27.4 Å². The fraction of sp³-hybridized carbons (Fsp3) is 0. The summed E-state index contributed by atoms with van der Waals surface area (Å²) in [6, 6.07) is 9.21. The van der Waals surface area contributed by atoms with Crippen LogP contribution < -0.4 is 5.32 Å². The van der Waals surface area contributed by atoms with Crippen molar-refractivity contribution < 1.29 is 0 Å². The Morgan fingerprint density at radius 1 is 1.25 bits per heavy atom. The van der Waals surface area contributed by atoms with Crippen LogP contribution in [0.25, 0.3) is 0 Å². The second-order valence-corrected chi connectivity index (χ2v) is 3.89. The van der Waals surface area contributed by atoms with Gasteiger partial charge in [0.2, 0.25) is 0 Å². The first kappa shape index (κ1) is 10.6. The molecule has 1 heterocycles. The van der Waals surface area contributed by atoms with Crippen LogP contribution in [0, 0.1) is 11.3 Å². The van der Waals surface area contributed by atoms with Crippen molar-refractivity contribution in [3.63, 3.8) is 0 Å². The van der Waals surface area contributed by atoms with Gasteiger partial charge in [-0.15, -0.1) is 0 Å². The van der Waals surface area contributed by atoms with E-state index in [0.29, 0.717) is 11.4 Å². The van der Waals surface area contributed by atoms with Crippen LogP contribution in [-0.4, -0.2) is 9.97 Å². The van der Waals surface area contributed by atoms with Crippen LogP contribution in [0.15, 0.2) is 41.3 Å². The zero-order chi connectivity index (χ0) is 11.4. The SMILES string of the molecule is N#Cc1ccc(Nc2ncncc2Br)cc1. The number of hydrogen-bond acceptors (Lipinski definition) is 4. The maximum Gasteiger partial charge on any atom is 0.148 e. The summed E-state index contributed by atoms with van der Waals surface area (Å²) in [5.74, 6) is 0.694. The van der Waals surface area contributed by atoms with Crippen molar-refractivity contribution in [1.82, 2.24) is 9.97 Å². The summed E-state index contributed by atoms with van der Waals surface area (Å²) in [4.78, 5) is 7.95. The number of nitrogens with one attached hydrogen (secondary N) is 1. The Morgan fingerprint density at radius 3 is 2.62 bits per heavy atom. The van der Waals surface area contributed by atoms with Gasteiger partial charge in [-0.1, -0.05) is 0 Å². The summed E-state index contributed by atoms with van der Waals surface area (Å²) in [5.41, 5.74) is 1.51. The van der Waals surface area contributed by atoms with Crippen LogP contribution >= 0.6 is 15.9 Å². The fourth-order valence-electron chi connectivity index (χ4n) is 1.17. The number of halogens is 1. The van der Waals surface area contributed by atoms with Gasteiger partial charge in [0.1, 0.15) is 12.1 Å². The molecule has 0 bridgehead atoms. The van der Waals surface area contributed by atoms with E-state index >= 15 is 0 Å². The molecule has 2 aromatic rings. The normalized spacial score (nSPS) is 9.50. The number of anilines is 2. The third kappa shape index (κ3) is 2.35. The minimum atomic E-state index is 0.632. The molecule has 16 heavy (non-hydrogen) atoms. The van der Waals surface area contributed by atoms with E-state index in [1.807, 2.05) is 12.1 Å². The largest absolute Gasteiger partial charge is 0.339 e. The highest BCUT2D eigenvalue weighted by molar-refractivity contribution is 9.10. The lowest BCUT2D eigenvalue weighted by Crippen LogP contribution is -1.94. The van der Waals surface area contributed by atoms with Gasteiger partial charge in [0, 0.05) is 11.9 Å². The molecule has 0 fully saturated rings. The van der Waals surface area contributed by atoms with Crippen molar-refractivity contribution in [1.29, 1.82) is 5.26 Å². The van der Waals surface area contributed by atoms with E-state index in [2.05, 4.69) is 37.3 Å². The average Bonchev–Trinajstić information content (AvgIpc) is 2.33. The predicted molar refractivity (Wildman–Crippen MR) is 64.2 cm³/mol. The molecule has 0 aliphatic rings. The van der Waals surface area contributed by atoms with Crippen molar-refractivity contribution in [3.05, 3.63) is 46.8 Å². The van der Waals surface area contributed by atoms with Gasteiger partial charge in [-0.3, -0.25) is 0 Å². The molecule has 4 nitrogen and oxygen atoms in total. The second kappa shape index (κ2) is 4.73. The minimum absolute atomic E-state index is 0.632. The molecule has 1 aromatic heterocycles. The van der Waals surface area contributed by atoms with Gasteiger partial charge in [0.15, 0.2) is 0 Å². The Balaban J connectivity index is 2.22. The van der Waals surface area contributed by atoms with Gasteiger partial charge < -0.3 is 5.32 Å². The summed E-state index contributed by atoms with van der Waals surface area (Å²) in [7, 11) is 0. The van der Waals surface area contributed by atoms with E-state index in [9.17, 15) is 0 Å². The standard InChI is InChI=1S/C11H7BrN4/c12-10-6-14-7-15-11(10)16-9-3-1-8(5-13)2-4-9/h1-4,6-7H,(H,14,15,16). The Labute approximate surface area is 101 Å². The first-order chi connectivity index (χ1) is 7.79. The molecule has 0 unspecified atom stereocenters. The summed E-state index contributed by atoms with van der Waals surface area (Å²) >= 11 is 3.34. The number of nitrogens with zero attached hydrogens (tertiary/aromatic N) is 3. The van der Waals surface area contributed by atoms with Crippen LogP contribution in [0.1, 0.15) is 5.56 Å². The van der Waals surface area contributed by atoms with Gasteiger partial charge >= 0.3 is 0 Å². The Kier molecular flexibility index (Phi) is 3.13. The lowest BCUT2D eigenvalue weighted by Gasteiger charge is -2.06. The molecular weight excluding hydrogens is 268 g/mol. The smallest absolute Gasteiger partial charge is 0.148 e. The lowest BCUT2D eigenvalue weighted by molar-refractivity contribution is 1.15. The minimum Gasteiger partial charge on any atom is -0.339 e. The molecule has 78 valence electrons. The lowest BCUT2D eigenvalue weighted by atomic mass is 10.2. The molecule has 5 heteroatoms. The summed E-state index contributed by atoms with van der Waals surface area (Å²) in [6.07, 6.45) is 3.13. The van der Waals surface area contributed by atoms with E-state index in [1.165, 1.54) is 6.33 Å². The van der Waals surface area contributed by atoms with Crippen LogP contribution in [0.2, 0.25) is 0 Å². The topological polar surface area (TPSA) is 61.6 Å².